The van der Waals surface area contributed by atoms with Crippen LogP contribution >= 0.6 is 0 Å². The van der Waals surface area contributed by atoms with Crippen molar-refractivity contribution < 1.29 is 9.72 Å². The van der Waals surface area contributed by atoms with E-state index in [1.54, 1.807) is 11.5 Å². The number of nitrogens with zero attached hydrogens (tertiary/aromatic N) is 3. The number of carbonyl (C=O) groups is 1. The van der Waals surface area contributed by atoms with Gasteiger partial charge in [0.1, 0.15) is 6.20 Å². The highest BCUT2D eigenvalue weighted by molar-refractivity contribution is 5.76. The molecule has 1 atom stereocenters. The summed E-state index contributed by atoms with van der Waals surface area (Å²) in [5.41, 5.74) is 5.42. The highest BCUT2D eigenvalue weighted by Crippen LogP contribution is 2.38. The van der Waals surface area contributed by atoms with Gasteiger partial charge in [0.15, 0.2) is 0 Å². The minimum absolute atomic E-state index is 0.0920. The van der Waals surface area contributed by atoms with Crippen LogP contribution in [0.2, 0.25) is 0 Å². The van der Waals surface area contributed by atoms with Gasteiger partial charge >= 0.3 is 5.82 Å². The standard InChI is InChI=1S/C13H21N5O3/c1-9-15-11(18(20)21)7-17(9)6-5-12(19)16-13(2,8-14)10-3-4-10/h7,10H,3-6,8,14H2,1-2H3,(H,16,19). The van der Waals surface area contributed by atoms with E-state index in [9.17, 15) is 14.9 Å². The number of carbonyl (C=O) groups excluding carboxylic acids is 1. The van der Waals surface area contributed by atoms with Crippen molar-refractivity contribution in [3.8, 4) is 0 Å². The van der Waals surface area contributed by atoms with Crippen LogP contribution in [0, 0.1) is 23.0 Å². The summed E-state index contributed by atoms with van der Waals surface area (Å²) in [6, 6.07) is 0. The molecule has 8 nitrogen and oxygen atoms in total. The van der Waals surface area contributed by atoms with Gasteiger partial charge < -0.3 is 25.7 Å². The Morgan fingerprint density at radius 1 is 1.67 bits per heavy atom. The van der Waals surface area contributed by atoms with Gasteiger partial charge in [-0.05, 0) is 35.6 Å². The zero-order chi connectivity index (χ0) is 15.6. The number of hydrogen-bond donors (Lipinski definition) is 2. The molecule has 1 aromatic rings. The van der Waals surface area contributed by atoms with Crippen LogP contribution in [0.1, 0.15) is 32.0 Å². The number of nitro groups is 1. The largest absolute Gasteiger partial charge is 0.381 e. The molecule has 21 heavy (non-hydrogen) atoms. The third kappa shape index (κ3) is 3.57. The van der Waals surface area contributed by atoms with Crippen LogP contribution in [-0.4, -0.2) is 32.5 Å². The van der Waals surface area contributed by atoms with E-state index in [1.807, 2.05) is 6.92 Å². The van der Waals surface area contributed by atoms with Gasteiger partial charge in [-0.3, -0.25) is 4.79 Å². The number of nitrogens with two attached hydrogens (primary N) is 1. The van der Waals surface area contributed by atoms with E-state index in [0.29, 0.717) is 24.8 Å². The fraction of sp³-hybridized carbons (Fsp3) is 0.692. The van der Waals surface area contributed by atoms with Gasteiger partial charge in [-0.2, -0.15) is 0 Å². The molecule has 1 saturated carbocycles. The van der Waals surface area contributed by atoms with Crippen LogP contribution in [-0.2, 0) is 11.3 Å². The lowest BCUT2D eigenvalue weighted by atomic mass is 9.96. The number of hydrogen-bond acceptors (Lipinski definition) is 5. The van der Waals surface area contributed by atoms with Crippen molar-refractivity contribution in [2.75, 3.05) is 6.54 Å². The first-order valence-electron chi connectivity index (χ1n) is 7.05. The van der Waals surface area contributed by atoms with E-state index in [4.69, 9.17) is 5.73 Å². The van der Waals surface area contributed by atoms with E-state index in [2.05, 4.69) is 10.3 Å². The molecule has 0 radical (unpaired) electrons. The average molecular weight is 295 g/mol. The number of amides is 1. The molecule has 2 rings (SSSR count). The molecule has 8 heteroatoms. The van der Waals surface area contributed by atoms with E-state index in [1.165, 1.54) is 6.20 Å². The molecular formula is C13H21N5O3. The normalized spacial score (nSPS) is 17.3. The zero-order valence-corrected chi connectivity index (χ0v) is 12.3. The lowest BCUT2D eigenvalue weighted by Crippen LogP contribution is -2.53. The smallest absolute Gasteiger partial charge is 0.358 e. The first-order chi connectivity index (χ1) is 9.85. The molecule has 1 amide bonds. The van der Waals surface area contributed by atoms with Gasteiger partial charge in [-0.1, -0.05) is 0 Å². The summed E-state index contributed by atoms with van der Waals surface area (Å²) in [6.07, 6.45) is 3.80. The van der Waals surface area contributed by atoms with Gasteiger partial charge in [0, 0.05) is 26.4 Å². The zero-order valence-electron chi connectivity index (χ0n) is 12.3. The van der Waals surface area contributed by atoms with Crippen molar-refractivity contribution in [2.45, 2.75) is 45.2 Å². The quantitative estimate of drug-likeness (QED) is 0.568. The van der Waals surface area contributed by atoms with Gasteiger partial charge in [-0.15, -0.1) is 0 Å². The van der Waals surface area contributed by atoms with Crippen molar-refractivity contribution >= 4 is 11.7 Å². The van der Waals surface area contributed by atoms with E-state index < -0.39 is 4.92 Å². The third-order valence-electron chi connectivity index (χ3n) is 4.06. The Kier molecular flexibility index (Phi) is 4.26. The second-order valence-corrected chi connectivity index (χ2v) is 5.79. The molecule has 0 aliphatic heterocycles. The van der Waals surface area contributed by atoms with Gasteiger partial charge in [0.05, 0.1) is 5.54 Å². The molecule has 1 unspecified atom stereocenters. The first kappa shape index (κ1) is 15.4. The summed E-state index contributed by atoms with van der Waals surface area (Å²) in [5, 5.41) is 13.6. The van der Waals surface area contributed by atoms with E-state index in [0.717, 1.165) is 12.8 Å². The van der Waals surface area contributed by atoms with Gasteiger partial charge in [-0.25, -0.2) is 0 Å². The minimum Gasteiger partial charge on any atom is -0.358 e. The second kappa shape index (κ2) is 5.80. The topological polar surface area (TPSA) is 116 Å². The van der Waals surface area contributed by atoms with Gasteiger partial charge in [0.25, 0.3) is 0 Å². The number of aromatic nitrogens is 2. The Hall–Kier alpha value is -1.96. The SMILES string of the molecule is Cc1nc([N+](=O)[O-])cn1CCC(=O)NC(C)(CN)C1CC1. The van der Waals surface area contributed by atoms with Crippen LogP contribution in [0.5, 0.6) is 0 Å². The van der Waals surface area contributed by atoms with Crippen molar-refractivity contribution in [1.82, 2.24) is 14.9 Å². The molecule has 1 aromatic heterocycles. The number of nitrogens with one attached hydrogen (secondary N) is 1. The molecule has 1 fully saturated rings. The number of imidazole rings is 1. The summed E-state index contributed by atoms with van der Waals surface area (Å²) in [5.74, 6) is 0.698. The van der Waals surface area contributed by atoms with Crippen molar-refractivity contribution in [1.29, 1.82) is 0 Å². The Morgan fingerprint density at radius 2 is 2.33 bits per heavy atom. The Labute approximate surface area is 122 Å². The summed E-state index contributed by atoms with van der Waals surface area (Å²) in [4.78, 5) is 26.0. The minimum atomic E-state index is -0.540. The lowest BCUT2D eigenvalue weighted by molar-refractivity contribution is -0.389. The number of rotatable bonds is 7. The average Bonchev–Trinajstić information content (AvgIpc) is 3.21. The monoisotopic (exact) mass is 295 g/mol. The molecule has 0 aromatic carbocycles. The maximum absolute atomic E-state index is 12.0. The molecule has 1 heterocycles. The second-order valence-electron chi connectivity index (χ2n) is 5.79. The van der Waals surface area contributed by atoms with Crippen LogP contribution < -0.4 is 11.1 Å². The molecule has 3 N–H and O–H groups in total. The van der Waals surface area contributed by atoms with Crippen molar-refractivity contribution in [3.63, 3.8) is 0 Å². The maximum atomic E-state index is 12.0. The molecule has 1 aliphatic carbocycles. The Balaban J connectivity index is 1.90. The summed E-state index contributed by atoms with van der Waals surface area (Å²) >= 11 is 0. The first-order valence-corrected chi connectivity index (χ1v) is 7.05. The van der Waals surface area contributed by atoms with Crippen LogP contribution in [0.15, 0.2) is 6.20 Å². The van der Waals surface area contributed by atoms with Crippen LogP contribution in [0.25, 0.3) is 0 Å². The molecular weight excluding hydrogens is 274 g/mol. The van der Waals surface area contributed by atoms with E-state index in [-0.39, 0.29) is 23.7 Å². The molecule has 0 saturated heterocycles. The predicted molar refractivity (Wildman–Crippen MR) is 76.6 cm³/mol. The van der Waals surface area contributed by atoms with Crippen molar-refractivity contribution in [3.05, 3.63) is 22.1 Å². The third-order valence-corrected chi connectivity index (χ3v) is 4.06. The fourth-order valence-electron chi connectivity index (χ4n) is 2.45. The Bertz CT molecular complexity index is 552. The molecule has 0 bridgehead atoms. The fourth-order valence-corrected chi connectivity index (χ4v) is 2.45. The highest BCUT2D eigenvalue weighted by Gasteiger charge is 2.41. The molecule has 1 aliphatic rings. The number of aryl methyl sites for hydroxylation is 2. The summed E-state index contributed by atoms with van der Waals surface area (Å²) in [6.45, 7) is 4.43. The van der Waals surface area contributed by atoms with Crippen LogP contribution in [0.3, 0.4) is 0 Å². The molecule has 0 spiro atoms. The van der Waals surface area contributed by atoms with E-state index >= 15 is 0 Å². The van der Waals surface area contributed by atoms with Crippen LogP contribution in [0.4, 0.5) is 5.82 Å². The molecule has 116 valence electrons. The lowest BCUT2D eigenvalue weighted by Gasteiger charge is -2.29. The maximum Gasteiger partial charge on any atom is 0.381 e. The predicted octanol–water partition coefficient (Wildman–Crippen LogP) is 0.733. The highest BCUT2D eigenvalue weighted by atomic mass is 16.6. The van der Waals surface area contributed by atoms with Gasteiger partial charge in [0.2, 0.25) is 11.7 Å². The van der Waals surface area contributed by atoms with Crippen molar-refractivity contribution in [2.24, 2.45) is 11.7 Å². The summed E-state index contributed by atoms with van der Waals surface area (Å²) < 4.78 is 1.62. The Morgan fingerprint density at radius 3 is 2.81 bits per heavy atom. The summed E-state index contributed by atoms with van der Waals surface area (Å²) in [7, 11) is 0.